The number of aromatic nitrogens is 1. The number of ether oxygens (including phenoxy) is 1. The molecule has 1 N–H and O–H groups in total. The van der Waals surface area contributed by atoms with Crippen LogP contribution >= 0.6 is 0 Å². The van der Waals surface area contributed by atoms with E-state index in [0.29, 0.717) is 31.7 Å². The van der Waals surface area contributed by atoms with Crippen LogP contribution in [0.4, 0.5) is 0 Å². The minimum atomic E-state index is -0.548. The highest BCUT2D eigenvalue weighted by Gasteiger charge is 2.39. The van der Waals surface area contributed by atoms with Gasteiger partial charge in [-0.1, -0.05) is 35.9 Å². The number of carbonyl (C=O) groups is 1. The van der Waals surface area contributed by atoms with Crippen molar-refractivity contribution in [3.63, 3.8) is 0 Å². The van der Waals surface area contributed by atoms with Crippen molar-refractivity contribution in [3.05, 3.63) is 76.5 Å². The van der Waals surface area contributed by atoms with E-state index in [2.05, 4.69) is 42.2 Å². The summed E-state index contributed by atoms with van der Waals surface area (Å²) in [4.78, 5) is 19.7. The number of amides is 1. The lowest BCUT2D eigenvalue weighted by molar-refractivity contribution is -0.0528. The fourth-order valence-corrected chi connectivity index (χ4v) is 4.58. The normalized spacial score (nSPS) is 21.6. The molecule has 2 aliphatic heterocycles. The molecule has 1 saturated heterocycles. The highest BCUT2D eigenvalue weighted by atomic mass is 16.5. The second-order valence-corrected chi connectivity index (χ2v) is 8.06. The van der Waals surface area contributed by atoms with Gasteiger partial charge < -0.3 is 14.7 Å². The maximum Gasteiger partial charge on any atom is 0.255 e. The van der Waals surface area contributed by atoms with Crippen LogP contribution in [-0.4, -0.2) is 46.3 Å². The average molecular weight is 388 g/mol. The van der Waals surface area contributed by atoms with E-state index in [4.69, 9.17) is 4.74 Å². The summed E-state index contributed by atoms with van der Waals surface area (Å²) in [5.74, 6) is -0.0346. The van der Waals surface area contributed by atoms with Gasteiger partial charge in [0.15, 0.2) is 0 Å². The zero-order valence-electron chi connectivity index (χ0n) is 16.5. The van der Waals surface area contributed by atoms with Crippen LogP contribution in [0.2, 0.25) is 0 Å². The van der Waals surface area contributed by atoms with E-state index in [1.807, 2.05) is 12.1 Å². The van der Waals surface area contributed by atoms with Crippen molar-refractivity contribution < 1.29 is 14.6 Å². The number of aryl methyl sites for hydroxylation is 1. The van der Waals surface area contributed by atoms with Crippen molar-refractivity contribution >= 4 is 16.8 Å². The Balaban J connectivity index is 1.58. The molecule has 1 aromatic heterocycles. The molecule has 2 aromatic carbocycles. The van der Waals surface area contributed by atoms with Gasteiger partial charge in [0.05, 0.1) is 24.3 Å². The molecule has 0 radical (unpaired) electrons. The van der Waals surface area contributed by atoms with Gasteiger partial charge in [-0.2, -0.15) is 0 Å². The van der Waals surface area contributed by atoms with E-state index in [1.54, 1.807) is 11.1 Å². The zero-order valence-corrected chi connectivity index (χ0v) is 16.5. The first-order valence-electron chi connectivity index (χ1n) is 10.1. The van der Waals surface area contributed by atoms with Gasteiger partial charge in [0.1, 0.15) is 0 Å². The Morgan fingerprint density at radius 3 is 2.97 bits per heavy atom. The molecule has 148 valence electrons. The van der Waals surface area contributed by atoms with E-state index in [0.717, 1.165) is 28.5 Å². The number of carbonyl (C=O) groups excluding carboxylic acids is 1. The third kappa shape index (κ3) is 3.20. The Morgan fingerprint density at radius 2 is 2.14 bits per heavy atom. The van der Waals surface area contributed by atoms with Crippen LogP contribution in [0, 0.1) is 6.92 Å². The number of hydrogen-bond donors (Lipinski definition) is 1. The fraction of sp³-hybridized carbons (Fsp3) is 0.333. The summed E-state index contributed by atoms with van der Waals surface area (Å²) in [6, 6.07) is 14.2. The number of pyridine rings is 1. The minimum Gasteiger partial charge on any atom is -0.391 e. The van der Waals surface area contributed by atoms with Crippen molar-refractivity contribution in [3.8, 4) is 0 Å². The molecule has 3 aromatic rings. The summed E-state index contributed by atoms with van der Waals surface area (Å²) in [6.07, 6.45) is 2.54. The SMILES string of the molecule is Cc1cccc(Cc2cc3c(c4ncccc24)CN(C2COCCC2O)C3=O)c1. The molecular weight excluding hydrogens is 364 g/mol. The molecule has 1 fully saturated rings. The van der Waals surface area contributed by atoms with E-state index < -0.39 is 6.10 Å². The van der Waals surface area contributed by atoms with Gasteiger partial charge >= 0.3 is 0 Å². The molecular formula is C24H24N2O3. The standard InChI is InChI=1S/C24H24N2O3/c1-15-4-2-5-16(10-15)11-17-12-19-20(23-18(17)6-3-8-25-23)13-26(24(19)28)21-14-29-9-7-22(21)27/h2-6,8,10,12,21-22,27H,7,9,11,13-14H2,1H3. The second-order valence-electron chi connectivity index (χ2n) is 8.06. The van der Waals surface area contributed by atoms with Crippen molar-refractivity contribution in [1.29, 1.82) is 0 Å². The fourth-order valence-electron chi connectivity index (χ4n) is 4.58. The molecule has 29 heavy (non-hydrogen) atoms. The monoisotopic (exact) mass is 388 g/mol. The van der Waals surface area contributed by atoms with Crippen LogP contribution < -0.4 is 0 Å². The molecule has 2 aliphatic rings. The highest BCUT2D eigenvalue weighted by molar-refractivity contribution is 6.04. The molecule has 0 saturated carbocycles. The molecule has 1 amide bonds. The Morgan fingerprint density at radius 1 is 1.24 bits per heavy atom. The number of benzene rings is 2. The van der Waals surface area contributed by atoms with Gasteiger partial charge in [-0.25, -0.2) is 0 Å². The van der Waals surface area contributed by atoms with E-state index >= 15 is 0 Å². The molecule has 3 heterocycles. The summed E-state index contributed by atoms with van der Waals surface area (Å²) in [6.45, 7) is 3.47. The first-order chi connectivity index (χ1) is 14.1. The number of rotatable bonds is 3. The van der Waals surface area contributed by atoms with Crippen LogP contribution in [0.25, 0.3) is 10.9 Å². The van der Waals surface area contributed by atoms with Gasteiger partial charge in [0, 0.05) is 35.9 Å². The smallest absolute Gasteiger partial charge is 0.255 e. The topological polar surface area (TPSA) is 62.7 Å². The van der Waals surface area contributed by atoms with E-state index in [-0.39, 0.29) is 11.9 Å². The zero-order chi connectivity index (χ0) is 20.0. The number of fused-ring (bicyclic) bond motifs is 3. The predicted octanol–water partition coefficient (Wildman–Crippen LogP) is 3.24. The Kier molecular flexibility index (Phi) is 4.57. The van der Waals surface area contributed by atoms with Gasteiger partial charge in [0.25, 0.3) is 5.91 Å². The number of aliphatic hydroxyl groups is 1. The maximum atomic E-state index is 13.3. The average Bonchev–Trinajstić information content (AvgIpc) is 3.05. The molecule has 0 bridgehead atoms. The maximum absolute atomic E-state index is 13.3. The van der Waals surface area contributed by atoms with Crippen molar-refractivity contribution in [1.82, 2.24) is 9.88 Å². The number of nitrogens with zero attached hydrogens (tertiary/aromatic N) is 2. The predicted molar refractivity (Wildman–Crippen MR) is 111 cm³/mol. The van der Waals surface area contributed by atoms with Gasteiger partial charge in [-0.3, -0.25) is 9.78 Å². The largest absolute Gasteiger partial charge is 0.391 e. The number of aliphatic hydroxyl groups excluding tert-OH is 1. The lowest BCUT2D eigenvalue weighted by atomic mass is 9.95. The van der Waals surface area contributed by atoms with Crippen LogP contribution in [0.1, 0.15) is 39.0 Å². The second kappa shape index (κ2) is 7.25. The first kappa shape index (κ1) is 18.3. The number of hydrogen-bond acceptors (Lipinski definition) is 4. The molecule has 5 heteroatoms. The van der Waals surface area contributed by atoms with Crippen molar-refractivity contribution in [2.75, 3.05) is 13.2 Å². The lowest BCUT2D eigenvalue weighted by Gasteiger charge is -2.34. The van der Waals surface area contributed by atoms with E-state index in [9.17, 15) is 9.90 Å². The Labute approximate surface area is 169 Å². The molecule has 0 spiro atoms. The van der Waals surface area contributed by atoms with E-state index in [1.165, 1.54) is 11.1 Å². The summed E-state index contributed by atoms with van der Waals surface area (Å²) < 4.78 is 5.54. The highest BCUT2D eigenvalue weighted by Crippen LogP contribution is 2.34. The lowest BCUT2D eigenvalue weighted by Crippen LogP contribution is -2.49. The molecule has 0 aliphatic carbocycles. The summed E-state index contributed by atoms with van der Waals surface area (Å²) >= 11 is 0. The Bertz CT molecular complexity index is 1090. The van der Waals surface area contributed by atoms with Crippen LogP contribution in [0.3, 0.4) is 0 Å². The van der Waals surface area contributed by atoms with Crippen molar-refractivity contribution in [2.45, 2.75) is 38.5 Å². The van der Waals surface area contributed by atoms with Crippen LogP contribution in [0.5, 0.6) is 0 Å². The van der Waals surface area contributed by atoms with Gasteiger partial charge in [0.2, 0.25) is 0 Å². The van der Waals surface area contributed by atoms with Crippen molar-refractivity contribution in [2.24, 2.45) is 0 Å². The third-order valence-electron chi connectivity index (χ3n) is 6.07. The summed E-state index contributed by atoms with van der Waals surface area (Å²) in [7, 11) is 0. The summed E-state index contributed by atoms with van der Waals surface area (Å²) in [5.41, 5.74) is 6.09. The minimum absolute atomic E-state index is 0.0346. The molecule has 2 unspecified atom stereocenters. The third-order valence-corrected chi connectivity index (χ3v) is 6.07. The molecule has 5 rings (SSSR count). The molecule has 2 atom stereocenters. The summed E-state index contributed by atoms with van der Waals surface area (Å²) in [5, 5.41) is 11.5. The molecule has 5 nitrogen and oxygen atoms in total. The first-order valence-corrected chi connectivity index (χ1v) is 10.1. The van der Waals surface area contributed by atoms with Crippen LogP contribution in [-0.2, 0) is 17.7 Å². The van der Waals surface area contributed by atoms with Crippen LogP contribution in [0.15, 0.2) is 48.7 Å². The quantitative estimate of drug-likeness (QED) is 0.748. The van der Waals surface area contributed by atoms with Gasteiger partial charge in [-0.15, -0.1) is 0 Å². The Hall–Kier alpha value is -2.76. The van der Waals surface area contributed by atoms with Gasteiger partial charge in [-0.05, 0) is 43.0 Å².